The van der Waals surface area contributed by atoms with Gasteiger partial charge in [-0.15, -0.1) is 0 Å². The third kappa shape index (κ3) is 5.68. The van der Waals surface area contributed by atoms with E-state index in [-0.39, 0.29) is 23.8 Å². The molecule has 2 N–H and O–H groups in total. The third-order valence-electron chi connectivity index (χ3n) is 8.90. The SMILES string of the molecule is CN(C)C1CCN(c2cc(C3CC3)c[n+]3c2=NC(CNc2ccnc(NC(=O)[C@H]4C[C@@H]4c4cccc(Cl)c4)c2)C=3)C1. The van der Waals surface area contributed by atoms with E-state index in [0.29, 0.717) is 29.3 Å². The van der Waals surface area contributed by atoms with E-state index in [0.717, 1.165) is 36.2 Å². The molecule has 9 heteroatoms. The molecule has 7 rings (SSSR count). The Morgan fingerprint density at radius 2 is 2.02 bits per heavy atom. The molecule has 8 nitrogen and oxygen atoms in total. The minimum absolute atomic E-state index is 0.00279. The zero-order valence-electron chi connectivity index (χ0n) is 23.6. The number of carbonyl (C=O) groups excluding carboxylic acids is 1. The molecule has 3 fully saturated rings. The van der Waals surface area contributed by atoms with Crippen LogP contribution < -0.4 is 25.3 Å². The van der Waals surface area contributed by atoms with Gasteiger partial charge in [0.15, 0.2) is 0 Å². The van der Waals surface area contributed by atoms with Crippen molar-refractivity contribution in [2.45, 2.75) is 49.6 Å². The second kappa shape index (κ2) is 10.7. The summed E-state index contributed by atoms with van der Waals surface area (Å²) in [6, 6.07) is 14.6. The number of aromatic nitrogens is 2. The predicted octanol–water partition coefficient (Wildman–Crippen LogP) is 3.91. The number of hydrogen-bond donors (Lipinski definition) is 2. The summed E-state index contributed by atoms with van der Waals surface area (Å²) in [4.78, 5) is 27.3. The summed E-state index contributed by atoms with van der Waals surface area (Å²) in [6.07, 6.45) is 10.8. The van der Waals surface area contributed by atoms with Crippen molar-refractivity contribution in [3.63, 3.8) is 0 Å². The van der Waals surface area contributed by atoms with Gasteiger partial charge in [0.05, 0.1) is 12.7 Å². The third-order valence-corrected chi connectivity index (χ3v) is 9.13. The number of amides is 1. The topological polar surface area (TPSA) is 78.8 Å². The van der Waals surface area contributed by atoms with Crippen molar-refractivity contribution < 1.29 is 9.04 Å². The van der Waals surface area contributed by atoms with Crippen molar-refractivity contribution in [1.82, 2.24) is 9.88 Å². The van der Waals surface area contributed by atoms with Crippen molar-refractivity contribution in [2.75, 3.05) is 49.3 Å². The Morgan fingerprint density at radius 3 is 2.80 bits per heavy atom. The summed E-state index contributed by atoms with van der Waals surface area (Å²) in [5, 5.41) is 7.23. The molecule has 0 spiro atoms. The molecule has 41 heavy (non-hydrogen) atoms. The normalized spacial score (nSPS) is 24.5. The van der Waals surface area contributed by atoms with Gasteiger partial charge in [0.2, 0.25) is 11.9 Å². The maximum Gasteiger partial charge on any atom is 0.346 e. The van der Waals surface area contributed by atoms with E-state index in [4.69, 9.17) is 16.6 Å². The summed E-state index contributed by atoms with van der Waals surface area (Å²) < 4.78 is 2.25. The highest BCUT2D eigenvalue weighted by Gasteiger charge is 2.44. The van der Waals surface area contributed by atoms with E-state index in [9.17, 15) is 4.79 Å². The fraction of sp³-hybridized carbons (Fsp3) is 0.438. The number of fused-ring (bicyclic) bond motifs is 1. The number of anilines is 3. The monoisotopic (exact) mass is 570 g/mol. The number of hydrogen-bond acceptors (Lipinski definition) is 6. The highest BCUT2D eigenvalue weighted by molar-refractivity contribution is 6.30. The first-order valence-corrected chi connectivity index (χ1v) is 15.1. The van der Waals surface area contributed by atoms with Crippen LogP contribution in [0.2, 0.25) is 5.02 Å². The Balaban J connectivity index is 1.02. The highest BCUT2D eigenvalue weighted by atomic mass is 35.5. The number of nitrogens with zero attached hydrogens (tertiary/aromatic N) is 5. The Hall–Kier alpha value is -3.49. The van der Waals surface area contributed by atoms with Gasteiger partial charge in [-0.3, -0.25) is 4.79 Å². The van der Waals surface area contributed by atoms with Crippen molar-refractivity contribution >= 4 is 34.7 Å². The van der Waals surface area contributed by atoms with Gasteiger partial charge in [-0.05, 0) is 87.0 Å². The van der Waals surface area contributed by atoms with E-state index >= 15 is 0 Å². The molecule has 0 radical (unpaired) electrons. The number of nitrogens with one attached hydrogen (secondary N) is 2. The molecule has 4 aliphatic rings. The summed E-state index contributed by atoms with van der Waals surface area (Å²) >= 11 is 6.14. The lowest BCUT2D eigenvalue weighted by Crippen LogP contribution is -2.41. The summed E-state index contributed by atoms with van der Waals surface area (Å²) in [7, 11) is 4.35. The molecular formula is C32H37ClN7O+. The van der Waals surface area contributed by atoms with Gasteiger partial charge in [0.1, 0.15) is 17.7 Å². The Labute approximate surface area is 245 Å². The fourth-order valence-corrected chi connectivity index (χ4v) is 6.43. The first-order chi connectivity index (χ1) is 19.9. The average molecular weight is 571 g/mol. The largest absolute Gasteiger partial charge is 0.380 e. The number of halogens is 1. The van der Waals surface area contributed by atoms with E-state index < -0.39 is 0 Å². The molecule has 3 aromatic rings. The van der Waals surface area contributed by atoms with Crippen molar-refractivity contribution in [1.29, 1.82) is 0 Å². The van der Waals surface area contributed by atoms with Crippen LogP contribution in [0.25, 0.3) is 0 Å². The lowest BCUT2D eigenvalue weighted by atomic mass is 10.1. The standard InChI is InChI=1S/C32H36ClN7O/c1-38(2)26-9-11-39(19-26)29-13-22(20-6-7-20)17-40-18-25(36-31(29)40)16-35-24-8-10-34-30(14-24)37-32(41)28-15-27(28)21-4-3-5-23(33)12-21/h3-5,8,10,12-14,17-18,20,25-28H,6-7,9,11,15-16,19H2,1-2H3,(H-,34,35,37,41)/p+1/t25?,26?,27-,28+/m1/s1. The highest BCUT2D eigenvalue weighted by Crippen LogP contribution is 2.48. The molecule has 4 heterocycles. The van der Waals surface area contributed by atoms with E-state index in [1.54, 1.807) is 6.20 Å². The lowest BCUT2D eigenvalue weighted by Gasteiger charge is -2.21. The number of likely N-dealkylation sites (N-methyl/N-ethyl adjacent to an activating group) is 1. The molecule has 1 saturated heterocycles. The van der Waals surface area contributed by atoms with Crippen molar-refractivity contribution in [3.8, 4) is 0 Å². The van der Waals surface area contributed by atoms with Gasteiger partial charge in [0, 0.05) is 48.0 Å². The van der Waals surface area contributed by atoms with Crippen molar-refractivity contribution in [2.24, 2.45) is 10.9 Å². The second-order valence-corrected chi connectivity index (χ2v) is 12.6. The molecule has 2 aromatic heterocycles. The Bertz CT molecular complexity index is 1600. The molecule has 4 atom stereocenters. The van der Waals surface area contributed by atoms with Crippen molar-refractivity contribution in [3.05, 3.63) is 82.7 Å². The van der Waals surface area contributed by atoms with Gasteiger partial charge in [0.25, 0.3) is 0 Å². The molecule has 2 saturated carbocycles. The summed E-state index contributed by atoms with van der Waals surface area (Å²) in [5.41, 5.74) is 5.78. The van der Waals surface area contributed by atoms with Gasteiger partial charge in [-0.1, -0.05) is 28.7 Å². The molecule has 2 aliphatic carbocycles. The van der Waals surface area contributed by atoms with Crippen LogP contribution in [0.3, 0.4) is 0 Å². The Morgan fingerprint density at radius 1 is 1.15 bits per heavy atom. The van der Waals surface area contributed by atoms with Crippen LogP contribution >= 0.6 is 11.6 Å². The second-order valence-electron chi connectivity index (χ2n) is 12.2. The number of benzene rings is 1. The van der Waals surface area contributed by atoms with E-state index in [2.05, 4.69) is 62.2 Å². The first-order valence-electron chi connectivity index (χ1n) is 14.7. The predicted molar refractivity (Wildman–Crippen MR) is 161 cm³/mol. The number of rotatable bonds is 9. The molecule has 0 bridgehead atoms. The zero-order valence-corrected chi connectivity index (χ0v) is 24.4. The zero-order chi connectivity index (χ0) is 28.1. The summed E-state index contributed by atoms with van der Waals surface area (Å²) in [6.45, 7) is 2.77. The quantitative estimate of drug-likeness (QED) is 0.382. The smallest absolute Gasteiger partial charge is 0.346 e. The number of carbonyl (C=O) groups is 1. The fourth-order valence-electron chi connectivity index (χ4n) is 6.23. The Kier molecular flexibility index (Phi) is 6.91. The van der Waals surface area contributed by atoms with Crippen LogP contribution in [-0.2, 0) is 4.79 Å². The van der Waals surface area contributed by atoms with Crippen LogP contribution in [0, 0.1) is 12.1 Å². The average Bonchev–Trinajstić information content (AvgIpc) is 3.87. The van der Waals surface area contributed by atoms with Crippen LogP contribution in [0.15, 0.2) is 59.9 Å². The summed E-state index contributed by atoms with van der Waals surface area (Å²) in [5.74, 6) is 1.41. The first kappa shape index (κ1) is 26.4. The van der Waals surface area contributed by atoms with Crippen LogP contribution in [0.1, 0.15) is 48.6 Å². The minimum Gasteiger partial charge on any atom is -0.380 e. The van der Waals surface area contributed by atoms with Crippen LogP contribution in [0.4, 0.5) is 17.2 Å². The lowest BCUT2D eigenvalue weighted by molar-refractivity contribution is -0.522. The maximum absolute atomic E-state index is 12.9. The number of pyridine rings is 2. The minimum atomic E-state index is -0.0485. The van der Waals surface area contributed by atoms with Gasteiger partial charge in [-0.2, -0.15) is 0 Å². The molecule has 2 aliphatic heterocycles. The maximum atomic E-state index is 12.9. The van der Waals surface area contributed by atoms with Crippen LogP contribution in [0.5, 0.6) is 0 Å². The molecule has 1 amide bonds. The van der Waals surface area contributed by atoms with E-state index in [1.807, 2.05) is 36.4 Å². The van der Waals surface area contributed by atoms with E-state index in [1.165, 1.54) is 30.5 Å². The molecule has 1 aromatic carbocycles. The molecular weight excluding hydrogens is 534 g/mol. The van der Waals surface area contributed by atoms with Gasteiger partial charge < -0.3 is 20.4 Å². The van der Waals surface area contributed by atoms with Gasteiger partial charge in [-0.25, -0.2) is 9.23 Å². The van der Waals surface area contributed by atoms with Crippen LogP contribution in [-0.4, -0.2) is 61.6 Å². The van der Waals surface area contributed by atoms with Gasteiger partial charge >= 0.3 is 5.49 Å². The molecule has 2 unspecified atom stereocenters. The molecule has 212 valence electrons.